The van der Waals surface area contributed by atoms with Gasteiger partial charge in [-0.05, 0) is 30.2 Å². The van der Waals surface area contributed by atoms with E-state index in [0.29, 0.717) is 0 Å². The number of hydrogen-bond donors (Lipinski definition) is 1. The maximum Gasteiger partial charge on any atom is 0.336 e. The summed E-state index contributed by atoms with van der Waals surface area (Å²) in [5.74, 6) is -4.20. The van der Waals surface area contributed by atoms with E-state index in [4.69, 9.17) is 9.47 Å². The quantitative estimate of drug-likeness (QED) is 0.844. The molecule has 7 heteroatoms. The van der Waals surface area contributed by atoms with Crippen molar-refractivity contribution >= 4 is 0 Å². The standard InChI is InChI=1S/C12H14F4O3/c1-6-4-8(18-2)9(19-3)5-7(6)10(17)12(15,16)11(13)14/h4-5,10-11,17H,1-3H3. The molecular formula is C12H14F4O3. The van der Waals surface area contributed by atoms with Crippen LogP contribution in [0, 0.1) is 6.92 Å². The second-order valence-corrected chi connectivity index (χ2v) is 3.94. The Hall–Kier alpha value is -1.50. The van der Waals surface area contributed by atoms with Crippen LogP contribution in [0.4, 0.5) is 17.6 Å². The molecule has 0 aromatic heterocycles. The van der Waals surface area contributed by atoms with E-state index in [1.807, 2.05) is 0 Å². The molecule has 1 unspecified atom stereocenters. The molecule has 1 aromatic rings. The van der Waals surface area contributed by atoms with Gasteiger partial charge in [0.15, 0.2) is 11.5 Å². The van der Waals surface area contributed by atoms with E-state index in [1.54, 1.807) is 0 Å². The Bertz CT molecular complexity index is 449. The number of aryl methyl sites for hydroxylation is 1. The van der Waals surface area contributed by atoms with Crippen molar-refractivity contribution in [3.8, 4) is 11.5 Å². The second kappa shape index (κ2) is 5.64. The van der Waals surface area contributed by atoms with Crippen molar-refractivity contribution in [1.29, 1.82) is 0 Å². The number of aliphatic hydroxyl groups is 1. The number of methoxy groups -OCH3 is 2. The van der Waals surface area contributed by atoms with Crippen LogP contribution < -0.4 is 9.47 Å². The summed E-state index contributed by atoms with van der Waals surface area (Å²) in [4.78, 5) is 0. The average molecular weight is 282 g/mol. The molecule has 0 aliphatic carbocycles. The van der Waals surface area contributed by atoms with Crippen molar-refractivity contribution in [3.05, 3.63) is 23.3 Å². The Balaban J connectivity index is 3.28. The summed E-state index contributed by atoms with van der Waals surface area (Å²) >= 11 is 0. The summed E-state index contributed by atoms with van der Waals surface area (Å²) in [5, 5.41) is 9.46. The van der Waals surface area contributed by atoms with E-state index in [0.717, 1.165) is 6.07 Å². The van der Waals surface area contributed by atoms with Gasteiger partial charge >= 0.3 is 12.3 Å². The van der Waals surface area contributed by atoms with Crippen LogP contribution in [-0.4, -0.2) is 31.7 Å². The smallest absolute Gasteiger partial charge is 0.336 e. The van der Waals surface area contributed by atoms with E-state index < -0.39 is 18.5 Å². The topological polar surface area (TPSA) is 38.7 Å². The maximum absolute atomic E-state index is 13.2. The van der Waals surface area contributed by atoms with Crippen LogP contribution in [0.2, 0.25) is 0 Å². The first-order valence-corrected chi connectivity index (χ1v) is 5.32. The molecule has 0 radical (unpaired) electrons. The van der Waals surface area contributed by atoms with Gasteiger partial charge in [-0.25, -0.2) is 8.78 Å². The Labute approximate surface area is 107 Å². The highest BCUT2D eigenvalue weighted by molar-refractivity contribution is 5.48. The van der Waals surface area contributed by atoms with E-state index in [9.17, 15) is 22.7 Å². The van der Waals surface area contributed by atoms with Crippen molar-refractivity contribution in [2.24, 2.45) is 0 Å². The number of ether oxygens (including phenoxy) is 2. The number of hydrogen-bond acceptors (Lipinski definition) is 3. The Kier molecular flexibility index (Phi) is 4.62. The van der Waals surface area contributed by atoms with Gasteiger partial charge in [-0.1, -0.05) is 0 Å². The molecule has 1 N–H and O–H groups in total. The molecule has 3 nitrogen and oxygen atoms in total. The fourth-order valence-electron chi connectivity index (χ4n) is 1.62. The highest BCUT2D eigenvalue weighted by Crippen LogP contribution is 2.41. The first-order chi connectivity index (χ1) is 8.75. The van der Waals surface area contributed by atoms with Crippen molar-refractivity contribution in [3.63, 3.8) is 0 Å². The normalized spacial score (nSPS) is 13.5. The molecule has 0 heterocycles. The highest BCUT2D eigenvalue weighted by Gasteiger charge is 2.49. The van der Waals surface area contributed by atoms with Gasteiger partial charge in [-0.15, -0.1) is 0 Å². The van der Waals surface area contributed by atoms with Gasteiger partial charge in [0.2, 0.25) is 0 Å². The molecule has 0 aliphatic rings. The fourth-order valence-corrected chi connectivity index (χ4v) is 1.62. The lowest BCUT2D eigenvalue weighted by molar-refractivity contribution is -0.194. The molecule has 0 spiro atoms. The Morgan fingerprint density at radius 1 is 1.11 bits per heavy atom. The summed E-state index contributed by atoms with van der Waals surface area (Å²) in [7, 11) is 2.62. The molecule has 0 saturated heterocycles. The van der Waals surface area contributed by atoms with E-state index >= 15 is 0 Å². The molecule has 0 amide bonds. The third-order valence-electron chi connectivity index (χ3n) is 2.72. The first kappa shape index (κ1) is 15.6. The molecule has 0 fully saturated rings. The van der Waals surface area contributed by atoms with Gasteiger partial charge < -0.3 is 14.6 Å². The molecule has 108 valence electrons. The van der Waals surface area contributed by atoms with E-state index in [-0.39, 0.29) is 22.6 Å². The third kappa shape index (κ3) is 2.91. The lowest BCUT2D eigenvalue weighted by Gasteiger charge is -2.24. The monoisotopic (exact) mass is 282 g/mol. The van der Waals surface area contributed by atoms with Crippen LogP contribution in [0.15, 0.2) is 12.1 Å². The lowest BCUT2D eigenvalue weighted by Crippen LogP contribution is -2.34. The summed E-state index contributed by atoms with van der Waals surface area (Å²) in [5.41, 5.74) is -0.131. The molecule has 1 atom stereocenters. The van der Waals surface area contributed by atoms with Gasteiger partial charge in [0.05, 0.1) is 14.2 Å². The van der Waals surface area contributed by atoms with Crippen LogP contribution in [0.5, 0.6) is 11.5 Å². The van der Waals surface area contributed by atoms with Crippen molar-refractivity contribution < 1.29 is 32.1 Å². The van der Waals surface area contributed by atoms with Gasteiger partial charge in [0, 0.05) is 0 Å². The second-order valence-electron chi connectivity index (χ2n) is 3.94. The minimum absolute atomic E-state index is 0.0761. The van der Waals surface area contributed by atoms with Crippen LogP contribution in [0.1, 0.15) is 17.2 Å². The van der Waals surface area contributed by atoms with Gasteiger partial charge in [0.1, 0.15) is 6.10 Å². The van der Waals surface area contributed by atoms with Crippen molar-refractivity contribution in [1.82, 2.24) is 0 Å². The van der Waals surface area contributed by atoms with Crippen molar-refractivity contribution in [2.75, 3.05) is 14.2 Å². The Morgan fingerprint density at radius 3 is 2.00 bits per heavy atom. The van der Waals surface area contributed by atoms with Crippen LogP contribution in [0.25, 0.3) is 0 Å². The molecule has 1 rings (SSSR count). The zero-order chi connectivity index (χ0) is 14.8. The van der Waals surface area contributed by atoms with Crippen molar-refractivity contribution in [2.45, 2.75) is 25.4 Å². The highest BCUT2D eigenvalue weighted by atomic mass is 19.3. The fraction of sp³-hybridized carbons (Fsp3) is 0.500. The van der Waals surface area contributed by atoms with E-state index in [2.05, 4.69) is 0 Å². The molecule has 1 aromatic carbocycles. The number of alkyl halides is 4. The van der Waals surface area contributed by atoms with Gasteiger partial charge in [-0.2, -0.15) is 8.78 Å². The van der Waals surface area contributed by atoms with Crippen LogP contribution >= 0.6 is 0 Å². The zero-order valence-corrected chi connectivity index (χ0v) is 10.6. The first-order valence-electron chi connectivity index (χ1n) is 5.32. The zero-order valence-electron chi connectivity index (χ0n) is 10.6. The molecule has 19 heavy (non-hydrogen) atoms. The van der Waals surface area contributed by atoms with Gasteiger partial charge in [0.25, 0.3) is 0 Å². The predicted molar refractivity (Wildman–Crippen MR) is 60.2 cm³/mol. The Morgan fingerprint density at radius 2 is 1.58 bits per heavy atom. The number of rotatable bonds is 5. The summed E-state index contributed by atoms with van der Waals surface area (Å²) in [6.07, 6.45) is -6.58. The minimum atomic E-state index is -4.54. The molecular weight excluding hydrogens is 268 g/mol. The SMILES string of the molecule is COc1cc(C)c(C(O)C(F)(F)C(F)F)cc1OC. The lowest BCUT2D eigenvalue weighted by atomic mass is 9.98. The van der Waals surface area contributed by atoms with Crippen LogP contribution in [0.3, 0.4) is 0 Å². The third-order valence-corrected chi connectivity index (χ3v) is 2.72. The number of aliphatic hydroxyl groups excluding tert-OH is 1. The summed E-state index contributed by atoms with van der Waals surface area (Å²) < 4.78 is 60.6. The summed E-state index contributed by atoms with van der Waals surface area (Å²) in [6, 6.07) is 2.40. The maximum atomic E-state index is 13.2. The molecule has 0 saturated carbocycles. The predicted octanol–water partition coefficient (Wildman–Crippen LogP) is 2.95. The average Bonchev–Trinajstić information content (AvgIpc) is 2.37. The number of benzene rings is 1. The van der Waals surface area contributed by atoms with E-state index in [1.165, 1.54) is 27.2 Å². The minimum Gasteiger partial charge on any atom is -0.493 e. The van der Waals surface area contributed by atoms with Gasteiger partial charge in [-0.3, -0.25) is 0 Å². The molecule has 0 aliphatic heterocycles. The summed E-state index contributed by atoms with van der Waals surface area (Å²) in [6.45, 7) is 1.40. The number of halogens is 4. The largest absolute Gasteiger partial charge is 0.493 e. The van der Waals surface area contributed by atoms with Crippen LogP contribution in [-0.2, 0) is 0 Å². The molecule has 0 bridgehead atoms.